The van der Waals surface area contributed by atoms with Crippen LogP contribution in [0.1, 0.15) is 0 Å². The number of nitrogens with one attached hydrogen (secondary N) is 1. The molecule has 2 aliphatic heterocycles. The van der Waals surface area contributed by atoms with Gasteiger partial charge in [-0.2, -0.15) is 8.42 Å². The van der Waals surface area contributed by atoms with Crippen molar-refractivity contribution >= 4 is 39.0 Å². The number of aromatic nitrogens is 1. The van der Waals surface area contributed by atoms with Gasteiger partial charge in [-0.1, -0.05) is 23.2 Å². The maximum atomic E-state index is 9.19. The van der Waals surface area contributed by atoms with E-state index in [1.165, 1.54) is 0 Å². The van der Waals surface area contributed by atoms with Crippen molar-refractivity contribution in [1.29, 1.82) is 0 Å². The molecule has 1 aromatic rings. The number of fused-ring (bicyclic) bond motifs is 1. The number of pyridine rings is 1. The molecule has 3 heterocycles. The van der Waals surface area contributed by atoms with Gasteiger partial charge in [0.1, 0.15) is 5.15 Å². The maximum absolute atomic E-state index is 9.19. The van der Waals surface area contributed by atoms with Crippen LogP contribution in [0.2, 0.25) is 10.2 Å². The summed E-state index contributed by atoms with van der Waals surface area (Å²) in [6.45, 7) is 3.28. The normalized spacial score (nSPS) is 24.5. The standard InChI is InChI=1S/C10H11Cl2N3.CH4O3S/c11-8-1-7(3-14-10(8)12)15-4-6-2-13-9(6)5-15;1-5(2,3)4/h1,3,6,9,13H,2,4-5H2;1H3,(H,2,3,4)/t6-,9+;/m0./s1. The summed E-state index contributed by atoms with van der Waals surface area (Å²) >= 11 is 11.7. The highest BCUT2D eigenvalue weighted by Crippen LogP contribution is 2.30. The molecule has 9 heteroatoms. The van der Waals surface area contributed by atoms with Crippen LogP contribution in [0.5, 0.6) is 0 Å². The van der Waals surface area contributed by atoms with Gasteiger partial charge in [0, 0.05) is 31.6 Å². The van der Waals surface area contributed by atoms with E-state index in [1.54, 1.807) is 6.20 Å². The molecular weight excluding hydrogens is 325 g/mol. The molecule has 2 N–H and O–H groups in total. The Balaban J connectivity index is 0.000000257. The van der Waals surface area contributed by atoms with E-state index in [0.29, 0.717) is 22.5 Å². The van der Waals surface area contributed by atoms with Crippen molar-refractivity contribution < 1.29 is 13.0 Å². The number of halogens is 2. The third kappa shape index (κ3) is 4.20. The molecule has 3 rings (SSSR count). The minimum atomic E-state index is -3.67. The minimum absolute atomic E-state index is 0.376. The highest BCUT2D eigenvalue weighted by molar-refractivity contribution is 7.85. The number of hydrogen-bond donors (Lipinski definition) is 2. The Bertz CT molecular complexity index is 577. The summed E-state index contributed by atoms with van der Waals surface area (Å²) in [4.78, 5) is 6.38. The zero-order chi connectivity index (χ0) is 14.9. The van der Waals surface area contributed by atoms with E-state index >= 15 is 0 Å². The summed E-state index contributed by atoms with van der Waals surface area (Å²) in [6, 6.07) is 2.54. The lowest BCUT2D eigenvalue weighted by molar-refractivity contribution is 0.297. The molecule has 0 bridgehead atoms. The average Bonchev–Trinajstić information content (AvgIpc) is 2.57. The van der Waals surface area contributed by atoms with E-state index in [9.17, 15) is 8.42 Å². The van der Waals surface area contributed by atoms with Crippen LogP contribution < -0.4 is 10.2 Å². The first-order valence-electron chi connectivity index (χ1n) is 5.96. The summed E-state index contributed by atoms with van der Waals surface area (Å²) in [5.74, 6) is 0.791. The third-order valence-corrected chi connectivity index (χ3v) is 3.92. The highest BCUT2D eigenvalue weighted by atomic mass is 35.5. The third-order valence-electron chi connectivity index (χ3n) is 3.23. The van der Waals surface area contributed by atoms with Gasteiger partial charge in [-0.05, 0) is 6.07 Å². The first-order chi connectivity index (χ1) is 9.24. The first-order valence-corrected chi connectivity index (χ1v) is 8.56. The Kier molecular flexibility index (Phi) is 4.76. The molecule has 0 amide bonds. The Morgan fingerprint density at radius 2 is 2.10 bits per heavy atom. The Labute approximate surface area is 127 Å². The van der Waals surface area contributed by atoms with Crippen LogP contribution in [-0.4, -0.2) is 49.9 Å². The molecule has 0 aromatic carbocycles. The molecule has 20 heavy (non-hydrogen) atoms. The Hall–Kier alpha value is -0.600. The molecule has 1 aromatic heterocycles. The predicted octanol–water partition coefficient (Wildman–Crippen LogP) is 1.30. The smallest absolute Gasteiger partial charge is 0.261 e. The van der Waals surface area contributed by atoms with Gasteiger partial charge < -0.3 is 10.2 Å². The van der Waals surface area contributed by atoms with Crippen LogP contribution >= 0.6 is 23.2 Å². The van der Waals surface area contributed by atoms with Crippen molar-refractivity contribution in [2.45, 2.75) is 6.04 Å². The van der Waals surface area contributed by atoms with Crippen molar-refractivity contribution in [2.24, 2.45) is 5.92 Å². The molecule has 0 unspecified atom stereocenters. The summed E-state index contributed by atoms with van der Waals surface area (Å²) in [6.07, 6.45) is 2.51. The maximum Gasteiger partial charge on any atom is 0.261 e. The van der Waals surface area contributed by atoms with Gasteiger partial charge in [-0.3, -0.25) is 4.55 Å². The minimum Gasteiger partial charge on any atom is -0.368 e. The first kappa shape index (κ1) is 15.8. The fraction of sp³-hybridized carbons (Fsp3) is 0.545. The fourth-order valence-electron chi connectivity index (χ4n) is 2.25. The molecule has 6 nitrogen and oxygen atoms in total. The summed E-state index contributed by atoms with van der Waals surface area (Å²) in [5, 5.41) is 4.32. The van der Waals surface area contributed by atoms with Gasteiger partial charge in [-0.25, -0.2) is 4.98 Å². The quantitative estimate of drug-likeness (QED) is 0.592. The summed E-state index contributed by atoms with van der Waals surface area (Å²) < 4.78 is 25.9. The number of rotatable bonds is 1. The average molecular weight is 340 g/mol. The summed E-state index contributed by atoms with van der Waals surface area (Å²) in [5.41, 5.74) is 1.07. The zero-order valence-electron chi connectivity index (χ0n) is 10.8. The van der Waals surface area contributed by atoms with Crippen molar-refractivity contribution in [3.63, 3.8) is 0 Å². The molecule has 2 fully saturated rings. The number of nitrogens with zero attached hydrogens (tertiary/aromatic N) is 2. The Morgan fingerprint density at radius 1 is 1.45 bits per heavy atom. The lowest BCUT2D eigenvalue weighted by Gasteiger charge is -2.29. The molecule has 0 saturated carbocycles. The van der Waals surface area contributed by atoms with E-state index in [-0.39, 0.29) is 0 Å². The van der Waals surface area contributed by atoms with Crippen LogP contribution in [0, 0.1) is 5.92 Å². The molecule has 2 atom stereocenters. The van der Waals surface area contributed by atoms with Gasteiger partial charge >= 0.3 is 0 Å². The molecule has 112 valence electrons. The van der Waals surface area contributed by atoms with E-state index in [1.807, 2.05) is 6.07 Å². The molecule has 0 spiro atoms. The van der Waals surface area contributed by atoms with Crippen LogP contribution in [0.3, 0.4) is 0 Å². The van der Waals surface area contributed by atoms with Gasteiger partial charge in [0.2, 0.25) is 0 Å². The van der Waals surface area contributed by atoms with Crippen LogP contribution in [-0.2, 0) is 10.1 Å². The second-order valence-electron chi connectivity index (χ2n) is 4.88. The van der Waals surface area contributed by atoms with Crippen molar-refractivity contribution in [3.8, 4) is 0 Å². The highest BCUT2D eigenvalue weighted by Gasteiger charge is 2.39. The molecule has 2 saturated heterocycles. The second kappa shape index (κ2) is 6.03. The van der Waals surface area contributed by atoms with Crippen LogP contribution in [0.4, 0.5) is 5.69 Å². The fourth-order valence-corrected chi connectivity index (χ4v) is 2.51. The van der Waals surface area contributed by atoms with E-state index < -0.39 is 10.1 Å². The largest absolute Gasteiger partial charge is 0.368 e. The second-order valence-corrected chi connectivity index (χ2v) is 7.11. The summed E-state index contributed by atoms with van der Waals surface area (Å²) in [7, 11) is -3.67. The molecule has 0 aliphatic carbocycles. The van der Waals surface area contributed by atoms with Gasteiger partial charge in [0.25, 0.3) is 10.1 Å². The Morgan fingerprint density at radius 3 is 2.50 bits per heavy atom. The van der Waals surface area contributed by atoms with Gasteiger partial charge in [0.15, 0.2) is 0 Å². The molecular formula is C11H15Cl2N3O3S. The number of anilines is 1. The van der Waals surface area contributed by atoms with Gasteiger partial charge in [0.05, 0.1) is 23.2 Å². The molecule has 0 radical (unpaired) electrons. The van der Waals surface area contributed by atoms with E-state index in [0.717, 1.165) is 31.2 Å². The lowest BCUT2D eigenvalue weighted by Crippen LogP contribution is -2.51. The zero-order valence-corrected chi connectivity index (χ0v) is 13.1. The van der Waals surface area contributed by atoms with Gasteiger partial charge in [-0.15, -0.1) is 0 Å². The monoisotopic (exact) mass is 339 g/mol. The van der Waals surface area contributed by atoms with E-state index in [2.05, 4.69) is 15.2 Å². The van der Waals surface area contributed by atoms with Crippen molar-refractivity contribution in [1.82, 2.24) is 10.3 Å². The predicted molar refractivity (Wildman–Crippen MR) is 79.2 cm³/mol. The van der Waals surface area contributed by atoms with Crippen molar-refractivity contribution in [3.05, 3.63) is 22.4 Å². The lowest BCUT2D eigenvalue weighted by atomic mass is 9.96. The SMILES string of the molecule is CS(=O)(=O)O.Clc1cc(N2C[C@@H]3CN[C@@H]3C2)cnc1Cl. The topological polar surface area (TPSA) is 82.5 Å². The van der Waals surface area contributed by atoms with Crippen LogP contribution in [0.25, 0.3) is 0 Å². The van der Waals surface area contributed by atoms with E-state index in [4.69, 9.17) is 27.8 Å². The van der Waals surface area contributed by atoms with Crippen molar-refractivity contribution in [2.75, 3.05) is 30.8 Å². The number of hydrogen-bond acceptors (Lipinski definition) is 5. The molecule has 2 aliphatic rings. The van der Waals surface area contributed by atoms with Crippen LogP contribution in [0.15, 0.2) is 12.3 Å².